The third kappa shape index (κ3) is 8.29. The lowest BCUT2D eigenvalue weighted by atomic mass is 9.96. The highest BCUT2D eigenvalue weighted by atomic mass is 127. The number of hydrogen-bond donors (Lipinski definition) is 2. The molecule has 120 valence electrons. The van der Waals surface area contributed by atoms with Crippen LogP contribution in [0.5, 0.6) is 0 Å². The van der Waals surface area contributed by atoms with E-state index < -0.39 is 0 Å². The first-order chi connectivity index (χ1) is 9.30. The van der Waals surface area contributed by atoms with Crippen molar-refractivity contribution in [2.24, 2.45) is 4.99 Å². The number of aliphatic imine (C=N–C) groups is 1. The summed E-state index contributed by atoms with van der Waals surface area (Å²) in [5.74, 6) is 1.00. The van der Waals surface area contributed by atoms with Gasteiger partial charge < -0.3 is 15.5 Å². The van der Waals surface area contributed by atoms with Crippen molar-refractivity contribution in [3.8, 4) is 0 Å². The van der Waals surface area contributed by atoms with Gasteiger partial charge in [0.05, 0.1) is 6.54 Å². The van der Waals surface area contributed by atoms with Crippen LogP contribution in [-0.2, 0) is 0 Å². The van der Waals surface area contributed by atoms with E-state index in [4.69, 9.17) is 4.99 Å². The second-order valence-electron chi connectivity index (χ2n) is 5.27. The monoisotopic (exact) mass is 396 g/mol. The summed E-state index contributed by atoms with van der Waals surface area (Å²) >= 11 is 0. The van der Waals surface area contributed by atoms with Crippen LogP contribution < -0.4 is 10.6 Å². The lowest BCUT2D eigenvalue weighted by Crippen LogP contribution is -2.44. The number of likely N-dealkylation sites (N-methyl/N-ethyl adjacent to an activating group) is 1. The highest BCUT2D eigenvalue weighted by Crippen LogP contribution is 2.17. The number of halogens is 1. The Morgan fingerprint density at radius 1 is 1.10 bits per heavy atom. The first-order valence-electron chi connectivity index (χ1n) is 8.07. The van der Waals surface area contributed by atoms with Crippen molar-refractivity contribution in [1.29, 1.82) is 0 Å². The molecule has 5 heteroatoms. The van der Waals surface area contributed by atoms with Crippen LogP contribution >= 0.6 is 24.0 Å². The molecule has 0 atom stereocenters. The van der Waals surface area contributed by atoms with Gasteiger partial charge in [0, 0.05) is 19.1 Å². The lowest BCUT2D eigenvalue weighted by Gasteiger charge is -2.25. The maximum atomic E-state index is 4.70. The molecule has 2 N–H and O–H groups in total. The summed E-state index contributed by atoms with van der Waals surface area (Å²) < 4.78 is 0. The van der Waals surface area contributed by atoms with E-state index in [0.717, 1.165) is 38.7 Å². The first kappa shape index (κ1) is 20.0. The molecule has 0 saturated heterocycles. The highest BCUT2D eigenvalue weighted by Gasteiger charge is 2.14. The van der Waals surface area contributed by atoms with Crippen LogP contribution in [0.2, 0.25) is 0 Å². The standard InChI is InChI=1S/C15H32N4.HI/c1-4-16-15(17-12-13-19(5-2)6-3)18-14-10-8-7-9-11-14;/h14H,4-13H2,1-3H3,(H2,16,17,18);1H. The zero-order valence-electron chi connectivity index (χ0n) is 13.5. The summed E-state index contributed by atoms with van der Waals surface area (Å²) in [6.07, 6.45) is 6.70. The zero-order valence-corrected chi connectivity index (χ0v) is 15.8. The van der Waals surface area contributed by atoms with Crippen molar-refractivity contribution in [3.63, 3.8) is 0 Å². The lowest BCUT2D eigenvalue weighted by molar-refractivity contribution is 0.312. The maximum absolute atomic E-state index is 4.70. The molecule has 0 amide bonds. The Morgan fingerprint density at radius 3 is 2.30 bits per heavy atom. The van der Waals surface area contributed by atoms with Crippen LogP contribution in [0.15, 0.2) is 4.99 Å². The van der Waals surface area contributed by atoms with Gasteiger partial charge in [-0.15, -0.1) is 24.0 Å². The van der Waals surface area contributed by atoms with E-state index in [2.05, 4.69) is 36.3 Å². The van der Waals surface area contributed by atoms with E-state index >= 15 is 0 Å². The summed E-state index contributed by atoms with van der Waals surface area (Å²) in [5, 5.41) is 6.95. The van der Waals surface area contributed by atoms with E-state index in [1.807, 2.05) is 0 Å². The summed E-state index contributed by atoms with van der Waals surface area (Å²) in [6, 6.07) is 0.625. The molecule has 0 aromatic rings. The molecule has 0 unspecified atom stereocenters. The third-order valence-corrected chi connectivity index (χ3v) is 3.87. The summed E-state index contributed by atoms with van der Waals surface area (Å²) in [4.78, 5) is 7.11. The molecule has 1 aliphatic rings. The van der Waals surface area contributed by atoms with Crippen molar-refractivity contribution in [2.45, 2.75) is 58.9 Å². The second kappa shape index (κ2) is 12.7. The highest BCUT2D eigenvalue weighted by molar-refractivity contribution is 14.0. The Labute approximate surface area is 142 Å². The molecule has 0 bridgehead atoms. The van der Waals surface area contributed by atoms with Crippen LogP contribution in [0, 0.1) is 0 Å². The Morgan fingerprint density at radius 2 is 1.75 bits per heavy atom. The zero-order chi connectivity index (χ0) is 13.9. The first-order valence-corrected chi connectivity index (χ1v) is 8.07. The molecule has 1 aliphatic carbocycles. The average molecular weight is 396 g/mol. The molecule has 0 radical (unpaired) electrons. The minimum absolute atomic E-state index is 0. The SMILES string of the molecule is CCNC(=NCCN(CC)CC)NC1CCCCC1.I. The van der Waals surface area contributed by atoms with Gasteiger partial charge in [-0.3, -0.25) is 4.99 Å². The van der Waals surface area contributed by atoms with Crippen LogP contribution in [0.3, 0.4) is 0 Å². The van der Waals surface area contributed by atoms with Gasteiger partial charge in [0.15, 0.2) is 5.96 Å². The Hall–Kier alpha value is -0.0400. The number of hydrogen-bond acceptors (Lipinski definition) is 2. The predicted molar refractivity (Wildman–Crippen MR) is 99.2 cm³/mol. The Bertz CT molecular complexity index is 248. The minimum atomic E-state index is 0. The smallest absolute Gasteiger partial charge is 0.191 e. The topological polar surface area (TPSA) is 39.7 Å². The summed E-state index contributed by atoms with van der Waals surface area (Å²) in [6.45, 7) is 11.6. The molecule has 0 aliphatic heterocycles. The van der Waals surface area contributed by atoms with E-state index in [1.165, 1.54) is 32.1 Å². The Balaban J connectivity index is 0.00000361. The van der Waals surface area contributed by atoms with Crippen molar-refractivity contribution >= 4 is 29.9 Å². The van der Waals surface area contributed by atoms with Crippen LogP contribution in [0.4, 0.5) is 0 Å². The van der Waals surface area contributed by atoms with Crippen LogP contribution in [-0.4, -0.2) is 49.6 Å². The maximum Gasteiger partial charge on any atom is 0.191 e. The molecule has 0 heterocycles. The quantitative estimate of drug-likeness (QED) is 0.395. The van der Waals surface area contributed by atoms with Gasteiger partial charge >= 0.3 is 0 Å². The minimum Gasteiger partial charge on any atom is -0.357 e. The van der Waals surface area contributed by atoms with Gasteiger partial charge in [-0.25, -0.2) is 0 Å². The fourth-order valence-corrected chi connectivity index (χ4v) is 2.60. The molecule has 1 saturated carbocycles. The summed E-state index contributed by atoms with van der Waals surface area (Å²) in [7, 11) is 0. The molecule has 0 spiro atoms. The van der Waals surface area contributed by atoms with Crippen molar-refractivity contribution in [3.05, 3.63) is 0 Å². The van der Waals surface area contributed by atoms with Crippen molar-refractivity contribution in [2.75, 3.05) is 32.7 Å². The number of nitrogens with one attached hydrogen (secondary N) is 2. The van der Waals surface area contributed by atoms with Gasteiger partial charge in [0.1, 0.15) is 0 Å². The van der Waals surface area contributed by atoms with E-state index in [1.54, 1.807) is 0 Å². The van der Waals surface area contributed by atoms with Crippen LogP contribution in [0.25, 0.3) is 0 Å². The van der Waals surface area contributed by atoms with E-state index in [9.17, 15) is 0 Å². The molecule has 1 fully saturated rings. The fraction of sp³-hybridized carbons (Fsp3) is 0.933. The normalized spacial score (nSPS) is 16.9. The Kier molecular flexibility index (Phi) is 12.7. The van der Waals surface area contributed by atoms with Crippen LogP contribution in [0.1, 0.15) is 52.9 Å². The van der Waals surface area contributed by atoms with E-state index in [0.29, 0.717) is 6.04 Å². The van der Waals surface area contributed by atoms with Crippen molar-refractivity contribution < 1.29 is 0 Å². The molecule has 4 nitrogen and oxygen atoms in total. The van der Waals surface area contributed by atoms with E-state index in [-0.39, 0.29) is 24.0 Å². The average Bonchev–Trinajstić information content (AvgIpc) is 2.45. The molecule has 1 rings (SSSR count). The van der Waals surface area contributed by atoms with Gasteiger partial charge in [0.2, 0.25) is 0 Å². The molecule has 0 aromatic heterocycles. The largest absolute Gasteiger partial charge is 0.357 e. The molecular formula is C15H33IN4. The van der Waals surface area contributed by atoms with Crippen molar-refractivity contribution in [1.82, 2.24) is 15.5 Å². The number of rotatable bonds is 7. The molecule has 20 heavy (non-hydrogen) atoms. The summed E-state index contributed by atoms with van der Waals surface area (Å²) in [5.41, 5.74) is 0. The fourth-order valence-electron chi connectivity index (χ4n) is 2.60. The second-order valence-corrected chi connectivity index (χ2v) is 5.27. The molecule has 0 aromatic carbocycles. The van der Waals surface area contributed by atoms with Gasteiger partial charge in [0.25, 0.3) is 0 Å². The molecular weight excluding hydrogens is 363 g/mol. The van der Waals surface area contributed by atoms with Gasteiger partial charge in [-0.05, 0) is 32.9 Å². The predicted octanol–water partition coefficient (Wildman–Crippen LogP) is 2.83. The number of guanidine groups is 1. The number of nitrogens with zero attached hydrogens (tertiary/aromatic N) is 2. The third-order valence-electron chi connectivity index (χ3n) is 3.87. The van der Waals surface area contributed by atoms with Gasteiger partial charge in [-0.2, -0.15) is 0 Å². The van der Waals surface area contributed by atoms with Gasteiger partial charge in [-0.1, -0.05) is 33.1 Å².